The molecule has 144 valence electrons. The van der Waals surface area contributed by atoms with Crippen molar-refractivity contribution < 1.29 is 4.39 Å². The van der Waals surface area contributed by atoms with Crippen LogP contribution in [0.2, 0.25) is 0 Å². The van der Waals surface area contributed by atoms with Crippen LogP contribution in [0.1, 0.15) is 25.0 Å². The third-order valence-corrected chi connectivity index (χ3v) is 4.70. The van der Waals surface area contributed by atoms with Gasteiger partial charge in [-0.2, -0.15) is 0 Å². The highest BCUT2D eigenvalue weighted by Gasteiger charge is 2.20. The second-order valence-electron chi connectivity index (χ2n) is 7.38. The van der Waals surface area contributed by atoms with Crippen LogP contribution in [0.5, 0.6) is 0 Å². The van der Waals surface area contributed by atoms with E-state index in [0.29, 0.717) is 35.0 Å². The number of hydrogen-bond donors (Lipinski definition) is 3. The zero-order chi connectivity index (χ0) is 20.3. The lowest BCUT2D eigenvalue weighted by Crippen LogP contribution is -2.28. The maximum absolute atomic E-state index is 13.1. The molecule has 0 amide bonds. The van der Waals surface area contributed by atoms with Crippen LogP contribution in [0.4, 0.5) is 15.9 Å². The van der Waals surface area contributed by atoms with Crippen molar-refractivity contribution in [3.63, 3.8) is 0 Å². The van der Waals surface area contributed by atoms with E-state index in [0.717, 1.165) is 11.1 Å². The van der Waals surface area contributed by atoms with E-state index in [-0.39, 0.29) is 11.2 Å². The van der Waals surface area contributed by atoms with Crippen molar-refractivity contribution in [2.75, 3.05) is 17.6 Å². The lowest BCUT2D eigenvalue weighted by atomic mass is 9.84. The molecule has 3 aromatic rings. The minimum absolute atomic E-state index is 0.193. The van der Waals surface area contributed by atoms with E-state index in [4.69, 9.17) is 11.5 Å². The van der Waals surface area contributed by atoms with Crippen molar-refractivity contribution in [2.45, 2.75) is 19.3 Å². The van der Waals surface area contributed by atoms with E-state index >= 15 is 0 Å². The first-order chi connectivity index (χ1) is 13.3. The summed E-state index contributed by atoms with van der Waals surface area (Å²) in [5, 5.41) is 11.8. The monoisotopic (exact) mass is 377 g/mol. The number of nitrogens with one attached hydrogen (secondary N) is 1. The quantitative estimate of drug-likeness (QED) is 0.561. The average Bonchev–Trinajstić information content (AvgIpc) is 2.67. The van der Waals surface area contributed by atoms with E-state index in [1.54, 1.807) is 18.2 Å². The van der Waals surface area contributed by atoms with Gasteiger partial charge in [-0.3, -0.25) is 0 Å². The molecule has 0 aliphatic carbocycles. The van der Waals surface area contributed by atoms with Crippen LogP contribution in [0.25, 0.3) is 17.0 Å². The van der Waals surface area contributed by atoms with Crippen molar-refractivity contribution in [2.24, 2.45) is 5.73 Å². The van der Waals surface area contributed by atoms with Gasteiger partial charge in [-0.05, 0) is 42.0 Å². The number of hydrogen-bond acceptors (Lipinski definition) is 5. The minimum atomic E-state index is -0.238. The second kappa shape index (κ2) is 7.68. The molecule has 1 aromatic heterocycles. The Morgan fingerprint density at radius 3 is 2.39 bits per heavy atom. The highest BCUT2D eigenvalue weighted by Crippen LogP contribution is 2.26. The van der Waals surface area contributed by atoms with Crippen LogP contribution in [0.15, 0.2) is 61.2 Å². The van der Waals surface area contributed by atoms with E-state index in [2.05, 4.69) is 35.9 Å². The molecule has 0 saturated carbocycles. The fourth-order valence-corrected chi connectivity index (χ4v) is 2.89. The molecule has 0 saturated heterocycles. The summed E-state index contributed by atoms with van der Waals surface area (Å²) in [7, 11) is 0. The third-order valence-electron chi connectivity index (χ3n) is 4.70. The predicted molar refractivity (Wildman–Crippen MR) is 113 cm³/mol. The molecule has 0 atom stereocenters. The number of nitrogens with zero attached hydrogens (tertiary/aromatic N) is 2. The molecular weight excluding hydrogens is 353 g/mol. The van der Waals surface area contributed by atoms with Crippen LogP contribution in [-0.2, 0) is 5.41 Å². The Morgan fingerprint density at radius 2 is 1.79 bits per heavy atom. The van der Waals surface area contributed by atoms with Crippen LogP contribution >= 0.6 is 0 Å². The Morgan fingerprint density at radius 1 is 1.07 bits per heavy atom. The topological polar surface area (TPSA) is 89.8 Å². The zero-order valence-electron chi connectivity index (χ0n) is 16.0. The number of nitrogen functional groups attached to an aromatic ring is 1. The molecule has 5 nitrogen and oxygen atoms in total. The fourth-order valence-electron chi connectivity index (χ4n) is 2.89. The molecule has 0 radical (unpaired) electrons. The summed E-state index contributed by atoms with van der Waals surface area (Å²) in [6.07, 6.45) is 0. The number of halogens is 1. The van der Waals surface area contributed by atoms with Gasteiger partial charge in [0.15, 0.2) is 0 Å². The number of nitrogens with two attached hydrogens (primary N) is 2. The molecule has 0 bridgehead atoms. The average molecular weight is 377 g/mol. The minimum Gasteiger partial charge on any atom is -0.399 e. The zero-order valence-corrected chi connectivity index (χ0v) is 16.0. The first kappa shape index (κ1) is 19.4. The smallest absolute Gasteiger partial charge is 0.148 e. The summed E-state index contributed by atoms with van der Waals surface area (Å²) >= 11 is 0. The van der Waals surface area contributed by atoms with Crippen LogP contribution in [0, 0.1) is 5.82 Å². The van der Waals surface area contributed by atoms with Crippen LogP contribution in [-0.4, -0.2) is 16.7 Å². The van der Waals surface area contributed by atoms with Crippen LogP contribution in [0.3, 0.4) is 0 Å². The van der Waals surface area contributed by atoms with Gasteiger partial charge in [0.2, 0.25) is 0 Å². The van der Waals surface area contributed by atoms with Crippen LogP contribution < -0.4 is 16.8 Å². The number of anilines is 2. The number of rotatable bonds is 6. The highest BCUT2D eigenvalue weighted by molar-refractivity contribution is 5.76. The summed E-state index contributed by atoms with van der Waals surface area (Å²) in [4.78, 5) is 0. The van der Waals surface area contributed by atoms with E-state index < -0.39 is 0 Å². The molecule has 1 heterocycles. The van der Waals surface area contributed by atoms with Gasteiger partial charge < -0.3 is 16.8 Å². The molecule has 5 N–H and O–H groups in total. The number of benzene rings is 2. The molecule has 0 fully saturated rings. The van der Waals surface area contributed by atoms with Gasteiger partial charge in [0, 0.05) is 34.5 Å². The van der Waals surface area contributed by atoms with Gasteiger partial charge >= 0.3 is 0 Å². The van der Waals surface area contributed by atoms with Crippen molar-refractivity contribution in [3.05, 3.63) is 78.1 Å². The summed E-state index contributed by atoms with van der Waals surface area (Å²) in [6, 6.07) is 15.8. The van der Waals surface area contributed by atoms with Gasteiger partial charge in [-0.15, -0.1) is 10.2 Å². The Bertz CT molecular complexity index is 979. The van der Waals surface area contributed by atoms with Gasteiger partial charge in [-0.1, -0.05) is 38.6 Å². The Kier molecular flexibility index (Phi) is 5.31. The van der Waals surface area contributed by atoms with Gasteiger partial charge in [0.1, 0.15) is 11.6 Å². The largest absolute Gasteiger partial charge is 0.399 e. The van der Waals surface area contributed by atoms with Crippen molar-refractivity contribution in [3.8, 4) is 11.3 Å². The summed E-state index contributed by atoms with van der Waals surface area (Å²) in [6.45, 7) is 8.55. The Hall–Kier alpha value is -3.41. The van der Waals surface area contributed by atoms with Gasteiger partial charge in [0.25, 0.3) is 0 Å². The summed E-state index contributed by atoms with van der Waals surface area (Å²) in [5.41, 5.74) is 15.8. The first-order valence-corrected chi connectivity index (χ1v) is 8.94. The molecule has 0 aliphatic rings. The molecule has 2 aromatic carbocycles. The van der Waals surface area contributed by atoms with Gasteiger partial charge in [0.05, 0.1) is 5.69 Å². The molecule has 6 heteroatoms. The lowest BCUT2D eigenvalue weighted by molar-refractivity contribution is 0.552. The third kappa shape index (κ3) is 4.28. The number of aromatic nitrogens is 2. The molecule has 0 spiro atoms. The first-order valence-electron chi connectivity index (χ1n) is 8.94. The second-order valence-corrected chi connectivity index (χ2v) is 7.38. The Labute approximate surface area is 164 Å². The normalized spacial score (nSPS) is 11.2. The van der Waals surface area contributed by atoms with Crippen molar-refractivity contribution >= 4 is 17.2 Å². The van der Waals surface area contributed by atoms with Crippen molar-refractivity contribution in [1.82, 2.24) is 10.2 Å². The summed E-state index contributed by atoms with van der Waals surface area (Å²) in [5.74, 6) is 0.427. The van der Waals surface area contributed by atoms with Gasteiger partial charge in [-0.25, -0.2) is 4.39 Å². The summed E-state index contributed by atoms with van der Waals surface area (Å²) < 4.78 is 13.1. The van der Waals surface area contributed by atoms with E-state index in [1.165, 1.54) is 12.1 Å². The predicted octanol–water partition coefficient (Wildman–Crippen LogP) is 4.18. The lowest BCUT2D eigenvalue weighted by Gasteiger charge is -2.25. The Balaban J connectivity index is 1.72. The van der Waals surface area contributed by atoms with E-state index in [9.17, 15) is 4.39 Å². The van der Waals surface area contributed by atoms with E-state index in [1.807, 2.05) is 24.3 Å². The molecule has 3 rings (SSSR count). The SMILES string of the molecule is C=C(N)c1cc(-c2ccc(NCC(C)(C)c3ccc(F)cc3)nn2)ccc1N. The molecule has 0 unspecified atom stereocenters. The maximum Gasteiger partial charge on any atom is 0.148 e. The molecule has 28 heavy (non-hydrogen) atoms. The molecular formula is C22H24FN5. The molecule has 0 aliphatic heterocycles. The fraction of sp³-hybridized carbons (Fsp3) is 0.182. The highest BCUT2D eigenvalue weighted by atomic mass is 19.1. The maximum atomic E-state index is 13.1. The standard InChI is InChI=1S/C22H24FN5/c1-14(24)18-12-15(4-9-19(18)25)20-10-11-21(28-27-20)26-13-22(2,3)16-5-7-17(23)8-6-16/h4-12H,1,13,24-25H2,2-3H3,(H,26,28). The van der Waals surface area contributed by atoms with Crippen molar-refractivity contribution in [1.29, 1.82) is 0 Å².